The highest BCUT2D eigenvalue weighted by Crippen LogP contribution is 2.23. The lowest BCUT2D eigenvalue weighted by Gasteiger charge is -2.17. The van der Waals surface area contributed by atoms with Gasteiger partial charge in [0.1, 0.15) is 0 Å². The van der Waals surface area contributed by atoms with E-state index in [-0.39, 0.29) is 24.2 Å². The normalized spacial score (nSPS) is 17.2. The number of amides is 2. The number of hydrogen-bond donors (Lipinski definition) is 1. The van der Waals surface area contributed by atoms with Crippen molar-refractivity contribution in [1.82, 2.24) is 4.90 Å². The number of aryl methyl sites for hydroxylation is 2. The summed E-state index contributed by atoms with van der Waals surface area (Å²) in [6.07, 6.45) is 0.281. The van der Waals surface area contributed by atoms with Crippen LogP contribution < -0.4 is 5.32 Å². The third kappa shape index (κ3) is 3.65. The number of rotatable bonds is 4. The minimum absolute atomic E-state index is 0.0416. The average molecular weight is 322 g/mol. The van der Waals surface area contributed by atoms with Gasteiger partial charge in [0.15, 0.2) is 0 Å². The molecule has 1 heterocycles. The van der Waals surface area contributed by atoms with Crippen LogP contribution >= 0.6 is 0 Å². The highest BCUT2D eigenvalue weighted by atomic mass is 16.2. The molecule has 0 saturated carbocycles. The number of nitrogens with zero attached hydrogens (tertiary/aromatic N) is 1. The summed E-state index contributed by atoms with van der Waals surface area (Å²) in [7, 11) is 0. The molecule has 1 fully saturated rings. The summed E-state index contributed by atoms with van der Waals surface area (Å²) in [4.78, 5) is 26.5. The van der Waals surface area contributed by atoms with Crippen molar-refractivity contribution in [3.8, 4) is 0 Å². The fourth-order valence-electron chi connectivity index (χ4n) is 3.01. The van der Waals surface area contributed by atoms with Crippen LogP contribution in [0, 0.1) is 19.8 Å². The Morgan fingerprint density at radius 3 is 2.67 bits per heavy atom. The van der Waals surface area contributed by atoms with Crippen LogP contribution in [0.4, 0.5) is 5.69 Å². The zero-order chi connectivity index (χ0) is 17.1. The Morgan fingerprint density at radius 2 is 1.92 bits per heavy atom. The number of likely N-dealkylation sites (tertiary alicyclic amines) is 1. The summed E-state index contributed by atoms with van der Waals surface area (Å²) >= 11 is 0. The zero-order valence-electron chi connectivity index (χ0n) is 14.1. The van der Waals surface area contributed by atoms with Crippen molar-refractivity contribution in [2.75, 3.05) is 11.9 Å². The number of anilines is 1. The molecule has 1 N–H and O–H groups in total. The lowest BCUT2D eigenvalue weighted by atomic mass is 10.1. The molecule has 0 aliphatic carbocycles. The van der Waals surface area contributed by atoms with Crippen molar-refractivity contribution in [3.63, 3.8) is 0 Å². The Kier molecular flexibility index (Phi) is 4.65. The second-order valence-electron chi connectivity index (χ2n) is 6.47. The summed E-state index contributed by atoms with van der Waals surface area (Å²) in [5, 5.41) is 2.98. The summed E-state index contributed by atoms with van der Waals surface area (Å²) in [5.74, 6) is -0.325. The quantitative estimate of drug-likeness (QED) is 0.939. The van der Waals surface area contributed by atoms with Gasteiger partial charge in [-0.15, -0.1) is 0 Å². The molecule has 2 aromatic rings. The maximum atomic E-state index is 12.5. The van der Waals surface area contributed by atoms with Crippen molar-refractivity contribution in [3.05, 3.63) is 65.2 Å². The van der Waals surface area contributed by atoms with E-state index in [1.807, 2.05) is 62.4 Å². The first-order valence-electron chi connectivity index (χ1n) is 8.23. The summed E-state index contributed by atoms with van der Waals surface area (Å²) in [6, 6.07) is 15.8. The average Bonchev–Trinajstić information content (AvgIpc) is 2.93. The predicted octanol–water partition coefficient (Wildman–Crippen LogP) is 3.29. The van der Waals surface area contributed by atoms with Crippen molar-refractivity contribution in [1.29, 1.82) is 0 Å². The zero-order valence-corrected chi connectivity index (χ0v) is 14.1. The molecule has 4 nitrogen and oxygen atoms in total. The van der Waals surface area contributed by atoms with Crippen molar-refractivity contribution < 1.29 is 9.59 Å². The first-order valence-corrected chi connectivity index (χ1v) is 8.23. The van der Waals surface area contributed by atoms with Gasteiger partial charge in [-0.2, -0.15) is 0 Å². The van der Waals surface area contributed by atoms with Gasteiger partial charge < -0.3 is 10.2 Å². The molecule has 1 aliphatic rings. The van der Waals surface area contributed by atoms with E-state index < -0.39 is 0 Å². The lowest BCUT2D eigenvalue weighted by molar-refractivity contribution is -0.128. The van der Waals surface area contributed by atoms with E-state index in [9.17, 15) is 9.59 Å². The molecule has 1 atom stereocenters. The first kappa shape index (κ1) is 16.2. The molecule has 0 radical (unpaired) electrons. The van der Waals surface area contributed by atoms with E-state index in [0.717, 1.165) is 22.4 Å². The SMILES string of the molecule is Cc1ccc(C)c(NC(=O)[C@H]2CC(=O)N(Cc3ccccc3)C2)c1. The molecule has 0 bridgehead atoms. The highest BCUT2D eigenvalue weighted by molar-refractivity contribution is 5.97. The second kappa shape index (κ2) is 6.87. The largest absolute Gasteiger partial charge is 0.338 e. The van der Waals surface area contributed by atoms with Gasteiger partial charge in [-0.25, -0.2) is 0 Å². The molecule has 0 spiro atoms. The van der Waals surface area contributed by atoms with Gasteiger partial charge in [-0.1, -0.05) is 42.5 Å². The topological polar surface area (TPSA) is 49.4 Å². The van der Waals surface area contributed by atoms with Gasteiger partial charge in [0.25, 0.3) is 0 Å². The maximum absolute atomic E-state index is 12.5. The van der Waals surface area contributed by atoms with E-state index in [1.54, 1.807) is 4.90 Å². The Hall–Kier alpha value is -2.62. The molecule has 0 unspecified atom stereocenters. The molecule has 24 heavy (non-hydrogen) atoms. The van der Waals surface area contributed by atoms with E-state index in [1.165, 1.54) is 0 Å². The van der Waals surface area contributed by atoms with Crippen LogP contribution in [-0.2, 0) is 16.1 Å². The maximum Gasteiger partial charge on any atom is 0.229 e. The molecule has 1 saturated heterocycles. The summed E-state index contributed by atoms with van der Waals surface area (Å²) in [5.41, 5.74) is 4.04. The van der Waals surface area contributed by atoms with Crippen molar-refractivity contribution in [2.45, 2.75) is 26.8 Å². The van der Waals surface area contributed by atoms with Gasteiger partial charge in [-0.05, 0) is 36.6 Å². The predicted molar refractivity (Wildman–Crippen MR) is 94.5 cm³/mol. The van der Waals surface area contributed by atoms with Gasteiger partial charge in [0.2, 0.25) is 11.8 Å². The Labute approximate surface area is 142 Å². The van der Waals surface area contributed by atoms with Crippen molar-refractivity contribution in [2.24, 2.45) is 5.92 Å². The van der Waals surface area contributed by atoms with E-state index in [2.05, 4.69) is 5.32 Å². The third-order valence-corrected chi connectivity index (χ3v) is 4.45. The second-order valence-corrected chi connectivity index (χ2v) is 6.47. The summed E-state index contributed by atoms with van der Waals surface area (Å²) < 4.78 is 0. The van der Waals surface area contributed by atoms with Crippen LogP contribution in [-0.4, -0.2) is 23.3 Å². The van der Waals surface area contributed by atoms with Crippen LogP contribution in [0.5, 0.6) is 0 Å². The smallest absolute Gasteiger partial charge is 0.229 e. The molecule has 3 rings (SSSR count). The fourth-order valence-corrected chi connectivity index (χ4v) is 3.01. The number of benzene rings is 2. The number of carbonyl (C=O) groups is 2. The monoisotopic (exact) mass is 322 g/mol. The number of hydrogen-bond acceptors (Lipinski definition) is 2. The van der Waals surface area contributed by atoms with Crippen LogP contribution in [0.1, 0.15) is 23.1 Å². The molecule has 0 aromatic heterocycles. The van der Waals surface area contributed by atoms with Gasteiger partial charge >= 0.3 is 0 Å². The minimum atomic E-state index is -0.291. The fraction of sp³-hybridized carbons (Fsp3) is 0.300. The standard InChI is InChI=1S/C20H22N2O2/c1-14-8-9-15(2)18(10-14)21-20(24)17-11-19(23)22(13-17)12-16-6-4-3-5-7-16/h3-10,17H,11-13H2,1-2H3,(H,21,24)/t17-/m0/s1. The minimum Gasteiger partial charge on any atom is -0.338 e. The van der Waals surface area contributed by atoms with Gasteiger partial charge in [0.05, 0.1) is 5.92 Å². The lowest BCUT2D eigenvalue weighted by Crippen LogP contribution is -2.28. The Morgan fingerprint density at radius 1 is 1.17 bits per heavy atom. The van der Waals surface area contributed by atoms with E-state index in [0.29, 0.717) is 13.1 Å². The number of nitrogens with one attached hydrogen (secondary N) is 1. The summed E-state index contributed by atoms with van der Waals surface area (Å²) in [6.45, 7) is 5.00. The Balaban J connectivity index is 1.64. The van der Waals surface area contributed by atoms with Gasteiger partial charge in [-0.3, -0.25) is 9.59 Å². The van der Waals surface area contributed by atoms with Crippen LogP contribution in [0.25, 0.3) is 0 Å². The van der Waals surface area contributed by atoms with Crippen LogP contribution in [0.3, 0.4) is 0 Å². The molecule has 2 aromatic carbocycles. The molecular formula is C20H22N2O2. The molecule has 2 amide bonds. The van der Waals surface area contributed by atoms with E-state index >= 15 is 0 Å². The third-order valence-electron chi connectivity index (χ3n) is 4.45. The van der Waals surface area contributed by atoms with Crippen molar-refractivity contribution >= 4 is 17.5 Å². The first-order chi connectivity index (χ1) is 11.5. The molecule has 1 aliphatic heterocycles. The number of carbonyl (C=O) groups excluding carboxylic acids is 2. The Bertz CT molecular complexity index is 755. The van der Waals surface area contributed by atoms with Crippen LogP contribution in [0.2, 0.25) is 0 Å². The molecular weight excluding hydrogens is 300 g/mol. The highest BCUT2D eigenvalue weighted by Gasteiger charge is 2.34. The van der Waals surface area contributed by atoms with Crippen LogP contribution in [0.15, 0.2) is 48.5 Å². The molecule has 4 heteroatoms. The van der Waals surface area contributed by atoms with Gasteiger partial charge in [0, 0.05) is 25.2 Å². The molecule has 124 valence electrons. The van der Waals surface area contributed by atoms with E-state index in [4.69, 9.17) is 0 Å².